The van der Waals surface area contributed by atoms with Gasteiger partial charge in [-0.25, -0.2) is 4.79 Å². The van der Waals surface area contributed by atoms with E-state index in [4.69, 9.17) is 5.11 Å². The fourth-order valence-electron chi connectivity index (χ4n) is 0.529. The first-order valence-electron chi connectivity index (χ1n) is 3.82. The van der Waals surface area contributed by atoms with E-state index in [0.29, 0.717) is 0 Å². The second kappa shape index (κ2) is 7.54. The fraction of sp³-hybridized carbons (Fsp3) is 0. The predicted octanol–water partition coefficient (Wildman–Crippen LogP) is 0.999. The number of allylic oxidation sites excluding steroid dienone is 4. The van der Waals surface area contributed by atoms with E-state index in [-0.39, 0.29) is 0 Å². The SMILES string of the molecule is C=CC=CC=CC(=O)NC=CC(=O)O. The molecule has 14 heavy (non-hydrogen) atoms. The van der Waals surface area contributed by atoms with Gasteiger partial charge >= 0.3 is 5.97 Å². The second-order valence-electron chi connectivity index (χ2n) is 2.16. The van der Waals surface area contributed by atoms with Gasteiger partial charge in [0.05, 0.1) is 0 Å². The van der Waals surface area contributed by atoms with Crippen molar-refractivity contribution in [3.8, 4) is 0 Å². The molecule has 0 atom stereocenters. The standard InChI is InChI=1S/C10H11NO3/c1-2-3-4-5-6-9(12)11-8-7-10(13)14/h2-8H,1H2,(H,11,12)(H,13,14). The Kier molecular flexibility index (Phi) is 6.41. The number of carboxylic acids is 1. The zero-order valence-corrected chi connectivity index (χ0v) is 7.51. The summed E-state index contributed by atoms with van der Waals surface area (Å²) in [6, 6.07) is 0. The zero-order chi connectivity index (χ0) is 10.8. The minimum Gasteiger partial charge on any atom is -0.478 e. The monoisotopic (exact) mass is 193 g/mol. The Hall–Kier alpha value is -2.10. The summed E-state index contributed by atoms with van der Waals surface area (Å²) in [4.78, 5) is 20.9. The van der Waals surface area contributed by atoms with Gasteiger partial charge in [0.2, 0.25) is 5.91 Å². The van der Waals surface area contributed by atoms with Crippen LogP contribution in [0, 0.1) is 0 Å². The molecule has 0 radical (unpaired) electrons. The third kappa shape index (κ3) is 8.00. The lowest BCUT2D eigenvalue weighted by molar-refractivity contribution is -0.131. The average molecular weight is 193 g/mol. The lowest BCUT2D eigenvalue weighted by atomic mass is 10.4. The minimum absolute atomic E-state index is 0.392. The van der Waals surface area contributed by atoms with Gasteiger partial charge in [-0.15, -0.1) is 0 Å². The fourth-order valence-corrected chi connectivity index (χ4v) is 0.529. The molecule has 74 valence electrons. The summed E-state index contributed by atoms with van der Waals surface area (Å²) in [6.07, 6.45) is 9.56. The van der Waals surface area contributed by atoms with Crippen molar-refractivity contribution < 1.29 is 14.7 Å². The Labute approximate surface area is 81.9 Å². The molecule has 0 aromatic carbocycles. The van der Waals surface area contributed by atoms with Crippen LogP contribution in [0.2, 0.25) is 0 Å². The molecule has 4 heteroatoms. The van der Waals surface area contributed by atoms with Crippen LogP contribution in [-0.4, -0.2) is 17.0 Å². The average Bonchev–Trinajstić information content (AvgIpc) is 2.12. The van der Waals surface area contributed by atoms with Gasteiger partial charge in [-0.2, -0.15) is 0 Å². The lowest BCUT2D eigenvalue weighted by Crippen LogP contribution is -2.13. The number of carbonyl (C=O) groups excluding carboxylic acids is 1. The molecule has 0 fully saturated rings. The van der Waals surface area contributed by atoms with Gasteiger partial charge < -0.3 is 10.4 Å². The van der Waals surface area contributed by atoms with E-state index in [1.807, 2.05) is 0 Å². The van der Waals surface area contributed by atoms with E-state index in [1.54, 1.807) is 18.2 Å². The molecule has 0 unspecified atom stereocenters. The molecule has 0 spiro atoms. The van der Waals surface area contributed by atoms with Crippen LogP contribution in [0.25, 0.3) is 0 Å². The van der Waals surface area contributed by atoms with Crippen molar-refractivity contribution in [2.24, 2.45) is 0 Å². The molecular weight excluding hydrogens is 182 g/mol. The van der Waals surface area contributed by atoms with Crippen molar-refractivity contribution in [3.05, 3.63) is 49.2 Å². The largest absolute Gasteiger partial charge is 0.478 e. The molecule has 0 saturated carbocycles. The molecule has 0 aliphatic carbocycles. The van der Waals surface area contributed by atoms with Crippen molar-refractivity contribution >= 4 is 11.9 Å². The highest BCUT2D eigenvalue weighted by Gasteiger charge is 1.89. The Morgan fingerprint density at radius 3 is 2.43 bits per heavy atom. The highest BCUT2D eigenvalue weighted by molar-refractivity contribution is 5.89. The van der Waals surface area contributed by atoms with Crippen LogP contribution in [0.1, 0.15) is 0 Å². The first-order chi connectivity index (χ1) is 6.66. The summed E-state index contributed by atoms with van der Waals surface area (Å²) in [5.41, 5.74) is 0. The molecule has 0 aromatic rings. The summed E-state index contributed by atoms with van der Waals surface area (Å²) < 4.78 is 0. The van der Waals surface area contributed by atoms with Crippen molar-refractivity contribution in [1.82, 2.24) is 5.32 Å². The summed E-state index contributed by atoms with van der Waals surface area (Å²) >= 11 is 0. The topological polar surface area (TPSA) is 66.4 Å². The van der Waals surface area contributed by atoms with Gasteiger partial charge in [-0.1, -0.05) is 30.9 Å². The van der Waals surface area contributed by atoms with Crippen LogP contribution in [0.5, 0.6) is 0 Å². The summed E-state index contributed by atoms with van der Waals surface area (Å²) in [6.45, 7) is 3.45. The number of carbonyl (C=O) groups is 2. The maximum atomic E-state index is 10.9. The maximum Gasteiger partial charge on any atom is 0.329 e. The molecule has 0 saturated heterocycles. The number of carboxylic acid groups (broad SMARTS) is 1. The summed E-state index contributed by atoms with van der Waals surface area (Å²) in [7, 11) is 0. The molecule has 2 N–H and O–H groups in total. The number of nitrogens with one attached hydrogen (secondary N) is 1. The molecule has 0 bridgehead atoms. The molecule has 0 heterocycles. The zero-order valence-electron chi connectivity index (χ0n) is 7.51. The van der Waals surface area contributed by atoms with Gasteiger partial charge in [-0.3, -0.25) is 4.79 Å². The molecule has 0 aromatic heterocycles. The third-order valence-electron chi connectivity index (χ3n) is 1.06. The first-order valence-corrected chi connectivity index (χ1v) is 3.82. The number of hydrogen-bond donors (Lipinski definition) is 2. The van der Waals surface area contributed by atoms with E-state index in [2.05, 4.69) is 11.9 Å². The van der Waals surface area contributed by atoms with E-state index in [0.717, 1.165) is 12.3 Å². The van der Waals surface area contributed by atoms with Crippen molar-refractivity contribution in [2.75, 3.05) is 0 Å². The van der Waals surface area contributed by atoms with Crippen molar-refractivity contribution in [1.29, 1.82) is 0 Å². The van der Waals surface area contributed by atoms with Crippen LogP contribution in [-0.2, 0) is 9.59 Å². The van der Waals surface area contributed by atoms with Crippen molar-refractivity contribution in [3.63, 3.8) is 0 Å². The third-order valence-corrected chi connectivity index (χ3v) is 1.06. The van der Waals surface area contributed by atoms with E-state index < -0.39 is 11.9 Å². The van der Waals surface area contributed by atoms with E-state index >= 15 is 0 Å². The Bertz CT molecular complexity index is 300. The van der Waals surface area contributed by atoms with Crippen molar-refractivity contribution in [2.45, 2.75) is 0 Å². The number of hydrogen-bond acceptors (Lipinski definition) is 2. The first kappa shape index (κ1) is 11.9. The van der Waals surface area contributed by atoms with E-state index in [1.165, 1.54) is 12.2 Å². The second-order valence-corrected chi connectivity index (χ2v) is 2.16. The van der Waals surface area contributed by atoms with Gasteiger partial charge in [0.15, 0.2) is 0 Å². The molecular formula is C10H11NO3. The molecule has 1 amide bonds. The van der Waals surface area contributed by atoms with Gasteiger partial charge in [-0.05, 0) is 0 Å². The maximum absolute atomic E-state index is 10.9. The molecule has 4 nitrogen and oxygen atoms in total. The summed E-state index contributed by atoms with van der Waals surface area (Å²) in [5, 5.41) is 10.4. The number of rotatable bonds is 5. The van der Waals surface area contributed by atoms with Crippen LogP contribution < -0.4 is 5.32 Å². The normalized spacial score (nSPS) is 11.1. The van der Waals surface area contributed by atoms with Crippen LogP contribution in [0.15, 0.2) is 49.2 Å². The smallest absolute Gasteiger partial charge is 0.329 e. The lowest BCUT2D eigenvalue weighted by Gasteiger charge is -1.89. The highest BCUT2D eigenvalue weighted by Crippen LogP contribution is 1.79. The van der Waals surface area contributed by atoms with Gasteiger partial charge in [0.1, 0.15) is 0 Å². The minimum atomic E-state index is -1.11. The van der Waals surface area contributed by atoms with Crippen LogP contribution in [0.4, 0.5) is 0 Å². The highest BCUT2D eigenvalue weighted by atomic mass is 16.4. The number of amides is 1. The Morgan fingerprint density at radius 1 is 1.14 bits per heavy atom. The Morgan fingerprint density at radius 2 is 1.86 bits per heavy atom. The van der Waals surface area contributed by atoms with Crippen LogP contribution in [0.3, 0.4) is 0 Å². The molecule has 0 rings (SSSR count). The van der Waals surface area contributed by atoms with Gasteiger partial charge in [0.25, 0.3) is 0 Å². The quantitative estimate of drug-likeness (QED) is 0.505. The van der Waals surface area contributed by atoms with Crippen LogP contribution >= 0.6 is 0 Å². The molecule has 0 aliphatic heterocycles. The Balaban J connectivity index is 3.87. The number of aliphatic carboxylic acids is 1. The summed E-state index contributed by atoms with van der Waals surface area (Å²) in [5.74, 6) is -1.50. The molecule has 0 aliphatic rings. The van der Waals surface area contributed by atoms with E-state index in [9.17, 15) is 9.59 Å². The van der Waals surface area contributed by atoms with Gasteiger partial charge in [0, 0.05) is 18.4 Å². The predicted molar refractivity (Wildman–Crippen MR) is 53.4 cm³/mol.